The van der Waals surface area contributed by atoms with Crippen molar-refractivity contribution in [1.82, 2.24) is 14.9 Å². The minimum Gasteiger partial charge on any atom is -0.378 e. The van der Waals surface area contributed by atoms with Gasteiger partial charge in [0.15, 0.2) is 0 Å². The van der Waals surface area contributed by atoms with Crippen LogP contribution in [0.2, 0.25) is 5.15 Å². The van der Waals surface area contributed by atoms with Gasteiger partial charge >= 0.3 is 6.18 Å². The molecule has 5 nitrogen and oxygen atoms in total. The molecule has 0 fully saturated rings. The van der Waals surface area contributed by atoms with E-state index in [-0.39, 0.29) is 11.0 Å². The van der Waals surface area contributed by atoms with Gasteiger partial charge in [-0.05, 0) is 14.1 Å². The Balaban J connectivity index is 2.42. The van der Waals surface area contributed by atoms with Gasteiger partial charge in [0.05, 0.1) is 13.2 Å². The fraction of sp³-hybridized carbons (Fsp3) is 0.636. The predicted octanol–water partition coefficient (Wildman–Crippen LogP) is 2.14. The maximum Gasteiger partial charge on any atom is 0.451 e. The first-order chi connectivity index (χ1) is 9.29. The van der Waals surface area contributed by atoms with Gasteiger partial charge in [-0.2, -0.15) is 13.2 Å². The zero-order valence-corrected chi connectivity index (χ0v) is 11.9. The molecule has 0 atom stereocenters. The number of aromatic nitrogens is 2. The number of hydrogen-bond donors (Lipinski definition) is 1. The van der Waals surface area contributed by atoms with E-state index in [4.69, 9.17) is 16.3 Å². The van der Waals surface area contributed by atoms with E-state index < -0.39 is 12.0 Å². The van der Waals surface area contributed by atoms with Crippen LogP contribution in [-0.4, -0.2) is 55.3 Å². The van der Waals surface area contributed by atoms with Gasteiger partial charge in [0.25, 0.3) is 0 Å². The number of rotatable bonds is 7. The molecule has 1 heterocycles. The maximum absolute atomic E-state index is 12.5. The smallest absolute Gasteiger partial charge is 0.378 e. The third-order valence-electron chi connectivity index (χ3n) is 2.18. The van der Waals surface area contributed by atoms with Crippen LogP contribution < -0.4 is 5.32 Å². The summed E-state index contributed by atoms with van der Waals surface area (Å²) in [7, 11) is 3.84. The van der Waals surface area contributed by atoms with E-state index in [9.17, 15) is 13.2 Å². The molecular formula is C11H16ClF3N4O. The van der Waals surface area contributed by atoms with Crippen LogP contribution in [0.15, 0.2) is 6.07 Å². The van der Waals surface area contributed by atoms with Crippen molar-refractivity contribution in [2.24, 2.45) is 0 Å². The number of alkyl halides is 3. The van der Waals surface area contributed by atoms with Crippen LogP contribution in [0.1, 0.15) is 5.82 Å². The third kappa shape index (κ3) is 6.36. The Morgan fingerprint density at radius 1 is 1.30 bits per heavy atom. The molecule has 0 aliphatic heterocycles. The molecule has 1 aromatic heterocycles. The van der Waals surface area contributed by atoms with Crippen molar-refractivity contribution < 1.29 is 17.9 Å². The molecule has 0 aliphatic carbocycles. The Kier molecular flexibility index (Phi) is 6.44. The van der Waals surface area contributed by atoms with Crippen molar-refractivity contribution in [3.63, 3.8) is 0 Å². The SMILES string of the molecule is CN(C)CCOCCNc1cc(Cl)nc(C(F)(F)F)n1. The van der Waals surface area contributed by atoms with Crippen LogP contribution in [0.5, 0.6) is 0 Å². The van der Waals surface area contributed by atoms with Gasteiger partial charge in [-0.15, -0.1) is 0 Å². The van der Waals surface area contributed by atoms with Crippen molar-refractivity contribution in [3.05, 3.63) is 17.0 Å². The Morgan fingerprint density at radius 3 is 2.60 bits per heavy atom. The van der Waals surface area contributed by atoms with Crippen LogP contribution in [0.4, 0.5) is 19.0 Å². The topological polar surface area (TPSA) is 50.3 Å². The molecule has 0 bridgehead atoms. The second-order valence-electron chi connectivity index (χ2n) is 4.24. The lowest BCUT2D eigenvalue weighted by atomic mass is 10.5. The van der Waals surface area contributed by atoms with Crippen molar-refractivity contribution in [3.8, 4) is 0 Å². The average Bonchev–Trinajstić information content (AvgIpc) is 2.31. The summed E-state index contributed by atoms with van der Waals surface area (Å²) in [6.45, 7) is 2.01. The lowest BCUT2D eigenvalue weighted by molar-refractivity contribution is -0.144. The Bertz CT molecular complexity index is 429. The van der Waals surface area contributed by atoms with Crippen molar-refractivity contribution in [2.45, 2.75) is 6.18 Å². The molecule has 0 spiro atoms. The highest BCUT2D eigenvalue weighted by Gasteiger charge is 2.35. The normalized spacial score (nSPS) is 11.9. The van der Waals surface area contributed by atoms with E-state index in [2.05, 4.69) is 15.3 Å². The molecule has 0 aliphatic rings. The summed E-state index contributed by atoms with van der Waals surface area (Å²) in [5.41, 5.74) is 0. The number of halogens is 4. The van der Waals surface area contributed by atoms with Gasteiger partial charge in [0, 0.05) is 19.2 Å². The summed E-state index contributed by atoms with van der Waals surface area (Å²) < 4.78 is 42.7. The minimum absolute atomic E-state index is 0.0218. The molecule has 0 saturated heterocycles. The van der Waals surface area contributed by atoms with E-state index >= 15 is 0 Å². The third-order valence-corrected chi connectivity index (χ3v) is 2.38. The van der Waals surface area contributed by atoms with Crippen LogP contribution in [0.3, 0.4) is 0 Å². The lowest BCUT2D eigenvalue weighted by Gasteiger charge is -2.11. The molecule has 0 aromatic carbocycles. The first-order valence-electron chi connectivity index (χ1n) is 5.87. The highest BCUT2D eigenvalue weighted by atomic mass is 35.5. The van der Waals surface area contributed by atoms with Crippen LogP contribution in [-0.2, 0) is 10.9 Å². The predicted molar refractivity (Wildman–Crippen MR) is 69.9 cm³/mol. The Labute approximate surface area is 120 Å². The molecule has 0 radical (unpaired) electrons. The maximum atomic E-state index is 12.5. The number of nitrogens with zero attached hydrogens (tertiary/aromatic N) is 3. The fourth-order valence-corrected chi connectivity index (χ4v) is 1.42. The molecule has 0 saturated carbocycles. The molecular weight excluding hydrogens is 297 g/mol. The summed E-state index contributed by atoms with van der Waals surface area (Å²) in [4.78, 5) is 8.46. The summed E-state index contributed by atoms with van der Waals surface area (Å²) in [5.74, 6) is -1.24. The van der Waals surface area contributed by atoms with Crippen LogP contribution in [0.25, 0.3) is 0 Å². The van der Waals surface area contributed by atoms with Crippen LogP contribution in [0, 0.1) is 0 Å². The highest BCUT2D eigenvalue weighted by molar-refractivity contribution is 6.29. The second-order valence-corrected chi connectivity index (χ2v) is 4.63. The number of hydrogen-bond acceptors (Lipinski definition) is 5. The van der Waals surface area contributed by atoms with E-state index in [0.29, 0.717) is 19.8 Å². The summed E-state index contributed by atoms with van der Waals surface area (Å²) in [6.07, 6.45) is -4.62. The number of likely N-dealkylation sites (N-methyl/N-ethyl adjacent to an activating group) is 1. The Morgan fingerprint density at radius 2 is 2.00 bits per heavy atom. The number of nitrogens with one attached hydrogen (secondary N) is 1. The van der Waals surface area contributed by atoms with Crippen LogP contribution >= 0.6 is 11.6 Å². The summed E-state index contributed by atoms with van der Waals surface area (Å²) in [5, 5.41) is 2.45. The average molecular weight is 313 g/mol. The quantitative estimate of drug-likeness (QED) is 0.617. The fourth-order valence-electron chi connectivity index (χ4n) is 1.24. The largest absolute Gasteiger partial charge is 0.451 e. The number of ether oxygens (including phenoxy) is 1. The molecule has 9 heteroatoms. The summed E-state index contributed by atoms with van der Waals surface area (Å²) >= 11 is 5.53. The molecule has 0 amide bonds. The molecule has 1 aromatic rings. The lowest BCUT2D eigenvalue weighted by Crippen LogP contribution is -2.20. The van der Waals surface area contributed by atoms with Gasteiger partial charge < -0.3 is 15.0 Å². The molecule has 1 N–H and O–H groups in total. The number of anilines is 1. The Hall–Kier alpha value is -1.12. The van der Waals surface area contributed by atoms with Crippen molar-refractivity contribution >= 4 is 17.4 Å². The standard InChI is InChI=1S/C11H16ClF3N4O/c1-19(2)4-6-20-5-3-16-9-7-8(12)17-10(18-9)11(13,14)15/h7H,3-6H2,1-2H3,(H,16,17,18). The van der Waals surface area contributed by atoms with Gasteiger partial charge in [-0.25, -0.2) is 9.97 Å². The van der Waals surface area contributed by atoms with E-state index in [1.54, 1.807) is 0 Å². The van der Waals surface area contributed by atoms with E-state index in [1.165, 1.54) is 6.07 Å². The zero-order chi connectivity index (χ0) is 15.2. The van der Waals surface area contributed by atoms with Gasteiger partial charge in [0.1, 0.15) is 11.0 Å². The highest BCUT2D eigenvalue weighted by Crippen LogP contribution is 2.28. The second kappa shape index (κ2) is 7.61. The molecule has 0 unspecified atom stereocenters. The minimum atomic E-state index is -4.62. The first-order valence-corrected chi connectivity index (χ1v) is 6.25. The van der Waals surface area contributed by atoms with Crippen molar-refractivity contribution in [2.75, 3.05) is 45.7 Å². The molecule has 1 rings (SSSR count). The van der Waals surface area contributed by atoms with E-state index in [0.717, 1.165) is 6.54 Å². The van der Waals surface area contributed by atoms with Gasteiger partial charge in [-0.1, -0.05) is 11.6 Å². The van der Waals surface area contributed by atoms with Gasteiger partial charge in [0.2, 0.25) is 5.82 Å². The first kappa shape index (κ1) is 16.9. The zero-order valence-electron chi connectivity index (χ0n) is 11.2. The molecule has 114 valence electrons. The summed E-state index contributed by atoms with van der Waals surface area (Å²) in [6, 6.07) is 1.23. The molecule has 20 heavy (non-hydrogen) atoms. The monoisotopic (exact) mass is 312 g/mol. The van der Waals surface area contributed by atoms with Gasteiger partial charge in [-0.3, -0.25) is 0 Å². The van der Waals surface area contributed by atoms with Crippen molar-refractivity contribution in [1.29, 1.82) is 0 Å². The van der Waals surface area contributed by atoms with E-state index in [1.807, 2.05) is 19.0 Å².